The lowest BCUT2D eigenvalue weighted by Gasteiger charge is -2.37. The van der Waals surface area contributed by atoms with Gasteiger partial charge in [-0.1, -0.05) is 66.7 Å². The van der Waals surface area contributed by atoms with Crippen LogP contribution in [0.4, 0.5) is 5.69 Å². The Bertz CT molecular complexity index is 1520. The topological polar surface area (TPSA) is 60.5 Å². The van der Waals surface area contributed by atoms with Crippen LogP contribution in [0, 0.1) is 0 Å². The predicted octanol–water partition coefficient (Wildman–Crippen LogP) is 6.28. The van der Waals surface area contributed by atoms with Crippen molar-refractivity contribution >= 4 is 23.2 Å². The molecule has 0 spiro atoms. The molecule has 4 aromatic carbocycles. The van der Waals surface area contributed by atoms with Gasteiger partial charge in [0.15, 0.2) is 11.5 Å². The number of carbonyl (C=O) groups excluding carboxylic acids is 1. The molecule has 0 bridgehead atoms. The number of para-hydroxylation sites is 2. The number of ether oxygens (including phenoxy) is 4. The predicted molar refractivity (Wildman–Crippen MR) is 168 cm³/mol. The summed E-state index contributed by atoms with van der Waals surface area (Å²) >= 11 is 0. The standard InChI is InChI=1S/C35H36N2O5/c1-39-31-13-9-8-12-30(31)36-18-20-37(21-19-36)35(38)29(22-25-23-32(40-2)34(42-4)33(24-25)41-3)28-16-14-27(15-17-28)26-10-6-5-7-11-26/h5-17,22-24H,18-21H2,1-4H3/b29-22-. The fraction of sp³-hybridized carbons (Fsp3) is 0.229. The number of hydrogen-bond donors (Lipinski definition) is 0. The summed E-state index contributed by atoms with van der Waals surface area (Å²) < 4.78 is 22.2. The average molecular weight is 565 g/mol. The van der Waals surface area contributed by atoms with Gasteiger partial charge in [0, 0.05) is 31.8 Å². The van der Waals surface area contributed by atoms with Crippen LogP contribution in [0.3, 0.4) is 0 Å². The van der Waals surface area contributed by atoms with E-state index in [1.165, 1.54) is 0 Å². The maximum atomic E-state index is 14.2. The van der Waals surface area contributed by atoms with Gasteiger partial charge in [-0.3, -0.25) is 4.79 Å². The minimum atomic E-state index is -0.0316. The Morgan fingerprint density at radius 3 is 1.81 bits per heavy atom. The number of amides is 1. The Balaban J connectivity index is 1.48. The first-order chi connectivity index (χ1) is 20.6. The second-order valence-electron chi connectivity index (χ2n) is 9.91. The van der Waals surface area contributed by atoms with Crippen molar-refractivity contribution < 1.29 is 23.7 Å². The van der Waals surface area contributed by atoms with Gasteiger partial charge in [-0.05, 0) is 52.6 Å². The Hall–Kier alpha value is -4.91. The molecule has 1 saturated heterocycles. The van der Waals surface area contributed by atoms with Crippen molar-refractivity contribution in [1.29, 1.82) is 0 Å². The van der Waals surface area contributed by atoms with Crippen LogP contribution in [0.2, 0.25) is 0 Å². The molecule has 4 aromatic rings. The largest absolute Gasteiger partial charge is 0.495 e. The van der Waals surface area contributed by atoms with E-state index in [1.807, 2.05) is 71.6 Å². The maximum Gasteiger partial charge on any atom is 0.254 e. The maximum absolute atomic E-state index is 14.2. The van der Waals surface area contributed by atoms with Gasteiger partial charge in [-0.2, -0.15) is 0 Å². The molecule has 1 heterocycles. The van der Waals surface area contributed by atoms with Crippen molar-refractivity contribution in [3.05, 3.63) is 102 Å². The lowest BCUT2D eigenvalue weighted by Crippen LogP contribution is -2.49. The zero-order chi connectivity index (χ0) is 29.5. The van der Waals surface area contributed by atoms with Crippen LogP contribution in [-0.4, -0.2) is 65.4 Å². The summed E-state index contributed by atoms with van der Waals surface area (Å²) in [7, 11) is 6.42. The van der Waals surface area contributed by atoms with E-state index in [2.05, 4.69) is 35.2 Å². The van der Waals surface area contributed by atoms with Gasteiger partial charge in [0.2, 0.25) is 5.75 Å². The van der Waals surface area contributed by atoms with E-state index in [-0.39, 0.29) is 5.91 Å². The van der Waals surface area contributed by atoms with Crippen LogP contribution in [0.25, 0.3) is 22.8 Å². The third kappa shape index (κ3) is 6.05. The number of hydrogen-bond acceptors (Lipinski definition) is 6. The number of rotatable bonds is 9. The van der Waals surface area contributed by atoms with Crippen LogP contribution in [0.1, 0.15) is 11.1 Å². The van der Waals surface area contributed by atoms with Crippen molar-refractivity contribution in [2.24, 2.45) is 0 Å². The van der Waals surface area contributed by atoms with Crippen LogP contribution >= 0.6 is 0 Å². The van der Waals surface area contributed by atoms with Crippen molar-refractivity contribution in [2.45, 2.75) is 0 Å². The third-order valence-corrected chi connectivity index (χ3v) is 7.52. The van der Waals surface area contributed by atoms with Gasteiger partial charge < -0.3 is 28.7 Å². The third-order valence-electron chi connectivity index (χ3n) is 7.52. The first-order valence-electron chi connectivity index (χ1n) is 13.9. The quantitative estimate of drug-likeness (QED) is 0.176. The van der Waals surface area contributed by atoms with Gasteiger partial charge in [-0.25, -0.2) is 0 Å². The molecule has 1 amide bonds. The Morgan fingerprint density at radius 1 is 0.643 bits per heavy atom. The molecular weight excluding hydrogens is 528 g/mol. The normalized spacial score (nSPS) is 13.5. The molecule has 216 valence electrons. The van der Waals surface area contributed by atoms with Gasteiger partial charge in [0.05, 0.1) is 34.1 Å². The molecule has 0 N–H and O–H groups in total. The van der Waals surface area contributed by atoms with E-state index in [0.717, 1.165) is 33.7 Å². The number of methoxy groups -OCH3 is 4. The molecule has 1 aliphatic rings. The van der Waals surface area contributed by atoms with Crippen LogP contribution in [-0.2, 0) is 4.79 Å². The van der Waals surface area contributed by atoms with E-state index < -0.39 is 0 Å². The van der Waals surface area contributed by atoms with E-state index >= 15 is 0 Å². The van der Waals surface area contributed by atoms with Crippen molar-refractivity contribution in [1.82, 2.24) is 4.90 Å². The first kappa shape index (κ1) is 28.6. The lowest BCUT2D eigenvalue weighted by atomic mass is 9.97. The first-order valence-corrected chi connectivity index (χ1v) is 13.9. The van der Waals surface area contributed by atoms with E-state index in [9.17, 15) is 4.79 Å². The fourth-order valence-electron chi connectivity index (χ4n) is 5.30. The number of nitrogens with zero attached hydrogens (tertiary/aromatic N) is 2. The summed E-state index contributed by atoms with van der Waals surface area (Å²) in [6.45, 7) is 2.59. The Labute approximate surface area is 247 Å². The van der Waals surface area contributed by atoms with Gasteiger partial charge in [0.1, 0.15) is 5.75 Å². The summed E-state index contributed by atoms with van der Waals surface area (Å²) in [6.07, 6.45) is 1.90. The molecular formula is C35H36N2O5. The van der Waals surface area contributed by atoms with Crippen molar-refractivity contribution in [3.63, 3.8) is 0 Å². The van der Waals surface area contributed by atoms with Gasteiger partial charge in [-0.15, -0.1) is 0 Å². The molecule has 7 nitrogen and oxygen atoms in total. The summed E-state index contributed by atoms with van der Waals surface area (Å²) in [6, 6.07) is 30.0. The zero-order valence-electron chi connectivity index (χ0n) is 24.5. The number of benzene rings is 4. The van der Waals surface area contributed by atoms with Crippen LogP contribution < -0.4 is 23.8 Å². The lowest BCUT2D eigenvalue weighted by molar-refractivity contribution is -0.125. The summed E-state index contributed by atoms with van der Waals surface area (Å²) in [5.74, 6) is 2.36. The highest BCUT2D eigenvalue weighted by atomic mass is 16.5. The van der Waals surface area contributed by atoms with Crippen molar-refractivity contribution in [2.75, 3.05) is 59.5 Å². The monoisotopic (exact) mass is 564 g/mol. The second kappa shape index (κ2) is 13.2. The molecule has 42 heavy (non-hydrogen) atoms. The molecule has 1 fully saturated rings. The minimum absolute atomic E-state index is 0.0316. The highest BCUT2D eigenvalue weighted by Gasteiger charge is 2.26. The number of piperazine rings is 1. The van der Waals surface area contributed by atoms with E-state index in [4.69, 9.17) is 18.9 Å². The van der Waals surface area contributed by atoms with Crippen LogP contribution in [0.15, 0.2) is 91.0 Å². The summed E-state index contributed by atoms with van der Waals surface area (Å²) in [5, 5.41) is 0. The molecule has 1 aliphatic heterocycles. The highest BCUT2D eigenvalue weighted by Crippen LogP contribution is 2.39. The molecule has 0 unspecified atom stereocenters. The second-order valence-corrected chi connectivity index (χ2v) is 9.91. The summed E-state index contributed by atoms with van der Waals surface area (Å²) in [4.78, 5) is 18.4. The molecule has 0 saturated carbocycles. The molecule has 0 aliphatic carbocycles. The SMILES string of the molecule is COc1ccccc1N1CCN(C(=O)/C(=C\c2cc(OC)c(OC)c(OC)c2)c2ccc(-c3ccccc3)cc2)CC1. The minimum Gasteiger partial charge on any atom is -0.495 e. The summed E-state index contributed by atoms with van der Waals surface area (Å²) in [5.41, 5.74) is 5.45. The van der Waals surface area contributed by atoms with E-state index in [1.54, 1.807) is 28.4 Å². The molecule has 0 radical (unpaired) electrons. The molecule has 0 aromatic heterocycles. The number of anilines is 1. The Morgan fingerprint density at radius 2 is 1.21 bits per heavy atom. The zero-order valence-corrected chi connectivity index (χ0v) is 24.5. The highest BCUT2D eigenvalue weighted by molar-refractivity contribution is 6.24. The Kier molecular flexibility index (Phi) is 8.97. The number of carbonyl (C=O) groups is 1. The molecule has 0 atom stereocenters. The van der Waals surface area contributed by atoms with Crippen molar-refractivity contribution in [3.8, 4) is 34.1 Å². The van der Waals surface area contributed by atoms with Gasteiger partial charge >= 0.3 is 0 Å². The van der Waals surface area contributed by atoms with E-state index in [0.29, 0.717) is 49.0 Å². The average Bonchev–Trinajstić information content (AvgIpc) is 3.06. The van der Waals surface area contributed by atoms with Crippen LogP contribution in [0.5, 0.6) is 23.0 Å². The fourth-order valence-corrected chi connectivity index (χ4v) is 5.30. The molecule has 7 heteroatoms. The smallest absolute Gasteiger partial charge is 0.254 e. The molecule has 5 rings (SSSR count). The van der Waals surface area contributed by atoms with Gasteiger partial charge in [0.25, 0.3) is 5.91 Å².